The number of carbonyl (C=O) groups is 1. The zero-order valence-corrected chi connectivity index (χ0v) is 23.1. The van der Waals surface area contributed by atoms with Gasteiger partial charge in [0, 0.05) is 44.5 Å². The molecule has 0 unspecified atom stereocenters. The molecular weight excluding hydrogens is 498 g/mol. The lowest BCUT2D eigenvalue weighted by atomic mass is 9.91. The first kappa shape index (κ1) is 27.0. The van der Waals surface area contributed by atoms with Crippen LogP contribution in [0.5, 0.6) is 5.75 Å². The summed E-state index contributed by atoms with van der Waals surface area (Å²) >= 11 is 0. The summed E-state index contributed by atoms with van der Waals surface area (Å²) in [6.07, 6.45) is 5.13. The molecule has 0 aliphatic carbocycles. The molecule has 3 aromatic rings. The van der Waals surface area contributed by atoms with E-state index in [0.29, 0.717) is 26.2 Å². The smallest absolute Gasteiger partial charge is 0.409 e. The second-order valence-corrected chi connectivity index (χ2v) is 10.5. The van der Waals surface area contributed by atoms with Gasteiger partial charge in [-0.3, -0.25) is 4.90 Å². The molecule has 0 bridgehead atoms. The molecule has 1 aromatic carbocycles. The highest BCUT2D eigenvalue weighted by molar-refractivity contribution is 5.87. The Balaban J connectivity index is 1.26. The lowest BCUT2D eigenvalue weighted by Gasteiger charge is -2.53. The van der Waals surface area contributed by atoms with E-state index in [4.69, 9.17) is 19.9 Å². The number of carbonyl (C=O) groups excluding carboxylic acids is 1. The van der Waals surface area contributed by atoms with E-state index in [1.54, 1.807) is 12.0 Å². The molecule has 0 radical (unpaired) electrons. The van der Waals surface area contributed by atoms with Crippen LogP contribution in [0.1, 0.15) is 37.3 Å². The second-order valence-electron chi connectivity index (χ2n) is 10.5. The van der Waals surface area contributed by atoms with Crippen molar-refractivity contribution in [1.29, 1.82) is 0 Å². The van der Waals surface area contributed by atoms with E-state index in [0.717, 1.165) is 72.7 Å². The van der Waals surface area contributed by atoms with Gasteiger partial charge in [0.25, 0.3) is 0 Å². The number of nitrogens with one attached hydrogen (secondary N) is 1. The van der Waals surface area contributed by atoms with Crippen LogP contribution >= 0.6 is 0 Å². The summed E-state index contributed by atoms with van der Waals surface area (Å²) < 4.78 is 18.9. The summed E-state index contributed by atoms with van der Waals surface area (Å²) in [5, 5.41) is 3.46. The monoisotopic (exact) mass is 537 g/mol. The van der Waals surface area contributed by atoms with E-state index in [-0.39, 0.29) is 17.6 Å². The fourth-order valence-corrected chi connectivity index (χ4v) is 5.62. The van der Waals surface area contributed by atoms with Crippen molar-refractivity contribution in [3.63, 3.8) is 0 Å². The molecule has 3 N–H and O–H groups in total. The molecule has 2 saturated heterocycles. The molecule has 210 valence electrons. The van der Waals surface area contributed by atoms with Crippen LogP contribution in [0.4, 0.5) is 16.6 Å². The Labute approximate surface area is 229 Å². The predicted octanol–water partition coefficient (Wildman–Crippen LogP) is 3.33. The van der Waals surface area contributed by atoms with Crippen molar-refractivity contribution in [2.24, 2.45) is 0 Å². The van der Waals surface area contributed by atoms with Gasteiger partial charge in [0.05, 0.1) is 39.4 Å². The molecule has 0 saturated carbocycles. The number of amides is 1. The lowest BCUT2D eigenvalue weighted by molar-refractivity contribution is -0.180. The number of nitrogens with two attached hydrogens (primary N) is 1. The first-order valence-corrected chi connectivity index (χ1v) is 13.6. The molecule has 2 aliphatic heterocycles. The topological polar surface area (TPSA) is 120 Å². The van der Waals surface area contributed by atoms with E-state index in [9.17, 15) is 4.79 Å². The molecule has 2 fully saturated rings. The highest BCUT2D eigenvalue weighted by Crippen LogP contribution is 2.32. The standard InChI is InChI=1S/C28H39N7O4/c1-4-5-6-10-30-25-24-22(31-26(29)32-25)9-11-34(24)16-21-8-7-20(14-23(21)37-2)15-33-17-28(18-33)19-35(12-13-39-28)27(36)38-3/h7-9,11,14H,4-6,10,12-13,15-19H2,1-3H3,(H3,29,30,31,32). The normalized spacial score (nSPS) is 16.8. The number of fused-ring (bicyclic) bond motifs is 1. The largest absolute Gasteiger partial charge is 0.496 e. The Kier molecular flexibility index (Phi) is 8.08. The third-order valence-electron chi connectivity index (χ3n) is 7.50. The number of nitrogen functional groups attached to an aromatic ring is 1. The average molecular weight is 538 g/mol. The number of hydrogen-bond acceptors (Lipinski definition) is 9. The maximum absolute atomic E-state index is 12.0. The maximum atomic E-state index is 12.0. The van der Waals surface area contributed by atoms with E-state index in [1.165, 1.54) is 13.5 Å². The molecular formula is C28H39N7O4. The number of benzene rings is 1. The summed E-state index contributed by atoms with van der Waals surface area (Å²) in [5.41, 5.74) is 9.66. The Hall–Kier alpha value is -3.57. The number of methoxy groups -OCH3 is 2. The zero-order chi connectivity index (χ0) is 27.4. The summed E-state index contributed by atoms with van der Waals surface area (Å²) in [6, 6.07) is 8.35. The third kappa shape index (κ3) is 5.89. The Morgan fingerprint density at radius 1 is 1.15 bits per heavy atom. The molecule has 0 atom stereocenters. The summed E-state index contributed by atoms with van der Waals surface area (Å²) in [4.78, 5) is 24.9. The summed E-state index contributed by atoms with van der Waals surface area (Å²) in [6.45, 7) is 7.65. The lowest BCUT2D eigenvalue weighted by Crippen LogP contribution is -2.70. The first-order chi connectivity index (χ1) is 18.9. The van der Waals surface area contributed by atoms with Gasteiger partial charge in [-0.2, -0.15) is 4.98 Å². The van der Waals surface area contributed by atoms with Crippen LogP contribution < -0.4 is 15.8 Å². The number of hydrogen-bond donors (Lipinski definition) is 2. The predicted molar refractivity (Wildman–Crippen MR) is 150 cm³/mol. The molecule has 4 heterocycles. The van der Waals surface area contributed by atoms with E-state index in [2.05, 4.69) is 49.9 Å². The number of ether oxygens (including phenoxy) is 3. The van der Waals surface area contributed by atoms with Gasteiger partial charge in [-0.05, 0) is 24.1 Å². The fraction of sp³-hybridized carbons (Fsp3) is 0.536. The molecule has 11 nitrogen and oxygen atoms in total. The van der Waals surface area contributed by atoms with E-state index >= 15 is 0 Å². The van der Waals surface area contributed by atoms with Crippen LogP contribution in [0.3, 0.4) is 0 Å². The Bertz CT molecular complexity index is 1300. The highest BCUT2D eigenvalue weighted by Gasteiger charge is 2.48. The number of rotatable bonds is 10. The van der Waals surface area contributed by atoms with Crippen molar-refractivity contribution >= 4 is 28.9 Å². The SMILES string of the molecule is CCCCCNc1nc(N)nc2ccn(Cc3ccc(CN4CC5(C4)CN(C(=O)OC)CCO5)cc3OC)c12. The first-order valence-electron chi connectivity index (χ1n) is 13.6. The quantitative estimate of drug-likeness (QED) is 0.375. The molecule has 5 rings (SSSR count). The highest BCUT2D eigenvalue weighted by atomic mass is 16.5. The minimum atomic E-state index is -0.306. The molecule has 1 spiro atoms. The number of aromatic nitrogens is 3. The minimum Gasteiger partial charge on any atom is -0.496 e. The Morgan fingerprint density at radius 2 is 2.00 bits per heavy atom. The van der Waals surface area contributed by atoms with Crippen LogP contribution in [0.15, 0.2) is 30.5 Å². The van der Waals surface area contributed by atoms with Crippen LogP contribution in [-0.4, -0.2) is 89.6 Å². The van der Waals surface area contributed by atoms with Crippen LogP contribution in [0.25, 0.3) is 11.0 Å². The Morgan fingerprint density at radius 3 is 2.77 bits per heavy atom. The number of anilines is 2. The minimum absolute atomic E-state index is 0.268. The van der Waals surface area contributed by atoms with Gasteiger partial charge < -0.3 is 34.7 Å². The van der Waals surface area contributed by atoms with Crippen molar-refractivity contribution < 1.29 is 19.0 Å². The van der Waals surface area contributed by atoms with Crippen molar-refractivity contribution in [3.05, 3.63) is 41.6 Å². The molecule has 2 aromatic heterocycles. The van der Waals surface area contributed by atoms with Crippen molar-refractivity contribution in [2.75, 3.05) is 64.6 Å². The average Bonchev–Trinajstić information content (AvgIpc) is 3.32. The molecule has 39 heavy (non-hydrogen) atoms. The molecule has 1 amide bonds. The van der Waals surface area contributed by atoms with E-state index < -0.39 is 0 Å². The number of unbranched alkanes of at least 4 members (excludes halogenated alkanes) is 2. The summed E-state index contributed by atoms with van der Waals surface area (Å²) in [7, 11) is 3.12. The van der Waals surface area contributed by atoms with Crippen molar-refractivity contribution in [1.82, 2.24) is 24.3 Å². The van der Waals surface area contributed by atoms with Gasteiger partial charge in [0.1, 0.15) is 16.9 Å². The van der Waals surface area contributed by atoms with Gasteiger partial charge in [-0.25, -0.2) is 9.78 Å². The van der Waals surface area contributed by atoms with Crippen LogP contribution in [-0.2, 0) is 22.6 Å². The van der Waals surface area contributed by atoms with Gasteiger partial charge in [-0.1, -0.05) is 31.9 Å². The van der Waals surface area contributed by atoms with Crippen molar-refractivity contribution in [2.45, 2.75) is 44.9 Å². The number of morpholine rings is 1. The van der Waals surface area contributed by atoms with Crippen LogP contribution in [0.2, 0.25) is 0 Å². The summed E-state index contributed by atoms with van der Waals surface area (Å²) in [5.74, 6) is 1.87. The molecule has 11 heteroatoms. The third-order valence-corrected chi connectivity index (χ3v) is 7.50. The number of likely N-dealkylation sites (tertiary alicyclic amines) is 1. The van der Waals surface area contributed by atoms with Gasteiger partial charge >= 0.3 is 6.09 Å². The van der Waals surface area contributed by atoms with Crippen LogP contribution in [0, 0.1) is 0 Å². The fourth-order valence-electron chi connectivity index (χ4n) is 5.62. The maximum Gasteiger partial charge on any atom is 0.409 e. The van der Waals surface area contributed by atoms with Gasteiger partial charge in [0.15, 0.2) is 5.82 Å². The zero-order valence-electron chi connectivity index (χ0n) is 23.1. The van der Waals surface area contributed by atoms with Crippen molar-refractivity contribution in [3.8, 4) is 5.75 Å². The number of nitrogens with zero attached hydrogens (tertiary/aromatic N) is 5. The van der Waals surface area contributed by atoms with Gasteiger partial charge in [0.2, 0.25) is 5.95 Å². The van der Waals surface area contributed by atoms with Gasteiger partial charge in [-0.15, -0.1) is 0 Å². The molecule has 2 aliphatic rings. The van der Waals surface area contributed by atoms with E-state index in [1.807, 2.05) is 12.3 Å². The second kappa shape index (κ2) is 11.7.